The molecule has 0 heteroatoms. The Hall–Kier alpha value is 0. The number of unbranched alkanes of at least 4 members (excludes halogenated alkanes) is 2. The first-order valence-corrected chi connectivity index (χ1v) is 8.10. The third-order valence-corrected chi connectivity index (χ3v) is 4.18. The summed E-state index contributed by atoms with van der Waals surface area (Å²) in [6.45, 7) is 11.9. The normalized spacial score (nSPS) is 16.8. The average molecular weight is 240 g/mol. The molecule has 3 unspecified atom stereocenters. The molecule has 0 saturated carbocycles. The Labute approximate surface area is 111 Å². The van der Waals surface area contributed by atoms with Crippen molar-refractivity contribution in [2.24, 2.45) is 17.8 Å². The van der Waals surface area contributed by atoms with Crippen molar-refractivity contribution >= 4 is 0 Å². The van der Waals surface area contributed by atoms with Gasteiger partial charge < -0.3 is 0 Å². The maximum absolute atomic E-state index is 2.44. The predicted molar refractivity (Wildman–Crippen MR) is 80.4 cm³/mol. The standard InChI is InChI=1S/C17H36/c1-6-11-16(4)12-9-8-10-13-17(5)14-15(3)7-2/h15-17H,6-14H2,1-5H3. The Balaban J connectivity index is 3.32. The van der Waals surface area contributed by atoms with Gasteiger partial charge >= 0.3 is 0 Å². The Kier molecular flexibility index (Phi) is 11.1. The molecule has 0 aromatic heterocycles. The van der Waals surface area contributed by atoms with Crippen molar-refractivity contribution in [3.05, 3.63) is 0 Å². The maximum atomic E-state index is 2.44. The van der Waals surface area contributed by atoms with E-state index in [1.54, 1.807) is 0 Å². The fourth-order valence-corrected chi connectivity index (χ4v) is 2.77. The van der Waals surface area contributed by atoms with Crippen LogP contribution in [-0.2, 0) is 0 Å². The summed E-state index contributed by atoms with van der Waals surface area (Å²) in [5.74, 6) is 2.82. The summed E-state index contributed by atoms with van der Waals surface area (Å²) in [6.07, 6.45) is 12.8. The van der Waals surface area contributed by atoms with Crippen LogP contribution in [0, 0.1) is 17.8 Å². The number of hydrogen-bond acceptors (Lipinski definition) is 0. The minimum Gasteiger partial charge on any atom is -0.0654 e. The van der Waals surface area contributed by atoms with E-state index in [2.05, 4.69) is 34.6 Å². The molecule has 0 bridgehead atoms. The van der Waals surface area contributed by atoms with Gasteiger partial charge in [-0.1, -0.05) is 86.0 Å². The molecule has 0 aliphatic carbocycles. The van der Waals surface area contributed by atoms with Crippen LogP contribution in [0.1, 0.15) is 92.4 Å². The van der Waals surface area contributed by atoms with Crippen LogP contribution in [0.2, 0.25) is 0 Å². The minimum absolute atomic E-state index is 0.926. The summed E-state index contributed by atoms with van der Waals surface area (Å²) in [7, 11) is 0. The van der Waals surface area contributed by atoms with Gasteiger partial charge in [-0.3, -0.25) is 0 Å². The Morgan fingerprint density at radius 3 is 1.76 bits per heavy atom. The summed E-state index contributed by atoms with van der Waals surface area (Å²) in [6, 6.07) is 0. The zero-order chi connectivity index (χ0) is 13.1. The molecule has 17 heavy (non-hydrogen) atoms. The summed E-state index contributed by atoms with van der Waals surface area (Å²) < 4.78 is 0. The highest BCUT2D eigenvalue weighted by molar-refractivity contribution is 4.59. The Bertz CT molecular complexity index is 150. The highest BCUT2D eigenvalue weighted by Crippen LogP contribution is 2.21. The fraction of sp³-hybridized carbons (Fsp3) is 1.00. The molecule has 104 valence electrons. The highest BCUT2D eigenvalue weighted by Gasteiger charge is 2.07. The largest absolute Gasteiger partial charge is 0.0654 e. The van der Waals surface area contributed by atoms with Gasteiger partial charge in [0, 0.05) is 0 Å². The smallest absolute Gasteiger partial charge is 0.0440 e. The van der Waals surface area contributed by atoms with Gasteiger partial charge in [-0.05, 0) is 24.2 Å². The van der Waals surface area contributed by atoms with Crippen LogP contribution in [0.4, 0.5) is 0 Å². The molecule has 3 atom stereocenters. The molecule has 0 fully saturated rings. The molecule has 0 nitrogen and oxygen atoms in total. The molecule has 0 radical (unpaired) electrons. The molecule has 0 aromatic rings. The van der Waals surface area contributed by atoms with E-state index in [1.165, 1.54) is 57.8 Å². The van der Waals surface area contributed by atoms with Crippen molar-refractivity contribution in [1.29, 1.82) is 0 Å². The van der Waals surface area contributed by atoms with E-state index in [4.69, 9.17) is 0 Å². The Morgan fingerprint density at radius 1 is 0.647 bits per heavy atom. The molecule has 0 spiro atoms. The molecule has 0 saturated heterocycles. The van der Waals surface area contributed by atoms with E-state index < -0.39 is 0 Å². The van der Waals surface area contributed by atoms with Gasteiger partial charge in [0.1, 0.15) is 0 Å². The third-order valence-electron chi connectivity index (χ3n) is 4.18. The van der Waals surface area contributed by atoms with Gasteiger partial charge in [-0.25, -0.2) is 0 Å². The summed E-state index contributed by atoms with van der Waals surface area (Å²) >= 11 is 0. The first-order valence-electron chi connectivity index (χ1n) is 8.10. The molecule has 0 aliphatic rings. The second-order valence-corrected chi connectivity index (χ2v) is 6.39. The van der Waals surface area contributed by atoms with Crippen molar-refractivity contribution in [1.82, 2.24) is 0 Å². The van der Waals surface area contributed by atoms with Crippen molar-refractivity contribution in [2.45, 2.75) is 92.4 Å². The lowest BCUT2D eigenvalue weighted by Crippen LogP contribution is -2.02. The van der Waals surface area contributed by atoms with Crippen LogP contribution in [-0.4, -0.2) is 0 Å². The summed E-state index contributed by atoms with van der Waals surface area (Å²) in [5, 5.41) is 0. The molecule has 0 rings (SSSR count). The second kappa shape index (κ2) is 11.1. The monoisotopic (exact) mass is 240 g/mol. The van der Waals surface area contributed by atoms with Crippen molar-refractivity contribution in [3.8, 4) is 0 Å². The minimum atomic E-state index is 0.926. The van der Waals surface area contributed by atoms with Crippen LogP contribution >= 0.6 is 0 Å². The molecule has 0 aliphatic heterocycles. The van der Waals surface area contributed by atoms with Crippen LogP contribution in [0.25, 0.3) is 0 Å². The summed E-state index contributed by atoms with van der Waals surface area (Å²) in [4.78, 5) is 0. The fourth-order valence-electron chi connectivity index (χ4n) is 2.77. The summed E-state index contributed by atoms with van der Waals surface area (Å²) in [5.41, 5.74) is 0. The zero-order valence-electron chi connectivity index (χ0n) is 13.1. The lowest BCUT2D eigenvalue weighted by atomic mass is 9.91. The molecular weight excluding hydrogens is 204 g/mol. The van der Waals surface area contributed by atoms with E-state index in [1.807, 2.05) is 0 Å². The van der Waals surface area contributed by atoms with Gasteiger partial charge in [0.2, 0.25) is 0 Å². The molecule has 0 N–H and O–H groups in total. The quantitative estimate of drug-likeness (QED) is 0.364. The predicted octanol–water partition coefficient (Wildman–Crippen LogP) is 6.45. The van der Waals surface area contributed by atoms with E-state index in [9.17, 15) is 0 Å². The molecule has 0 amide bonds. The molecular formula is C17H36. The Morgan fingerprint density at radius 2 is 1.24 bits per heavy atom. The first-order chi connectivity index (χ1) is 8.10. The third kappa shape index (κ3) is 10.9. The van der Waals surface area contributed by atoms with Gasteiger partial charge in [0.15, 0.2) is 0 Å². The SMILES string of the molecule is CCCC(C)CCCCCC(C)CC(C)CC. The van der Waals surface area contributed by atoms with Gasteiger partial charge in [-0.15, -0.1) is 0 Å². The highest BCUT2D eigenvalue weighted by atomic mass is 14.1. The lowest BCUT2D eigenvalue weighted by molar-refractivity contribution is 0.369. The average Bonchev–Trinajstić information content (AvgIpc) is 2.28. The first kappa shape index (κ1) is 17.0. The van der Waals surface area contributed by atoms with Crippen molar-refractivity contribution in [2.75, 3.05) is 0 Å². The van der Waals surface area contributed by atoms with E-state index in [0.29, 0.717) is 0 Å². The topological polar surface area (TPSA) is 0 Å². The van der Waals surface area contributed by atoms with E-state index in [-0.39, 0.29) is 0 Å². The van der Waals surface area contributed by atoms with Crippen LogP contribution in [0.5, 0.6) is 0 Å². The second-order valence-electron chi connectivity index (χ2n) is 6.39. The molecule has 0 aromatic carbocycles. The van der Waals surface area contributed by atoms with Crippen molar-refractivity contribution < 1.29 is 0 Å². The van der Waals surface area contributed by atoms with Crippen LogP contribution < -0.4 is 0 Å². The van der Waals surface area contributed by atoms with Gasteiger partial charge in [0.05, 0.1) is 0 Å². The maximum Gasteiger partial charge on any atom is -0.0440 e. The number of rotatable bonds is 11. The van der Waals surface area contributed by atoms with Crippen LogP contribution in [0.15, 0.2) is 0 Å². The van der Waals surface area contributed by atoms with Gasteiger partial charge in [-0.2, -0.15) is 0 Å². The van der Waals surface area contributed by atoms with Gasteiger partial charge in [0.25, 0.3) is 0 Å². The molecule has 0 heterocycles. The lowest BCUT2D eigenvalue weighted by Gasteiger charge is -2.16. The van der Waals surface area contributed by atoms with E-state index in [0.717, 1.165) is 17.8 Å². The van der Waals surface area contributed by atoms with E-state index >= 15 is 0 Å². The van der Waals surface area contributed by atoms with Crippen LogP contribution in [0.3, 0.4) is 0 Å². The zero-order valence-corrected chi connectivity index (χ0v) is 13.1. The van der Waals surface area contributed by atoms with Crippen molar-refractivity contribution in [3.63, 3.8) is 0 Å². The number of hydrogen-bond donors (Lipinski definition) is 0.